The second-order valence-corrected chi connectivity index (χ2v) is 5.79. The lowest BCUT2D eigenvalue weighted by Gasteiger charge is -2.34. The lowest BCUT2D eigenvalue weighted by atomic mass is 10.1. The molecule has 1 aliphatic heterocycles. The minimum absolute atomic E-state index is 0.00330. The minimum Gasteiger partial charge on any atom is -0.340 e. The first-order valence-corrected chi connectivity index (χ1v) is 7.80. The number of nitrogens with zero attached hydrogens (tertiary/aromatic N) is 2. The largest absolute Gasteiger partial charge is 0.340 e. The van der Waals surface area contributed by atoms with Crippen molar-refractivity contribution in [3.05, 3.63) is 35.1 Å². The van der Waals surface area contributed by atoms with Crippen molar-refractivity contribution in [3.8, 4) is 0 Å². The average molecular weight is 306 g/mol. The van der Waals surface area contributed by atoms with Gasteiger partial charge in [-0.15, -0.1) is 0 Å². The second-order valence-electron chi connectivity index (χ2n) is 5.79. The summed E-state index contributed by atoms with van der Waals surface area (Å²) in [5.41, 5.74) is 1.03. The number of halogens is 1. The van der Waals surface area contributed by atoms with Crippen LogP contribution in [0.15, 0.2) is 18.2 Å². The molecule has 1 aromatic rings. The normalized spacial score (nSPS) is 15.9. The van der Waals surface area contributed by atoms with Crippen molar-refractivity contribution in [2.75, 3.05) is 32.7 Å². The van der Waals surface area contributed by atoms with Gasteiger partial charge in [-0.25, -0.2) is 4.39 Å². The quantitative estimate of drug-likeness (QED) is 0.784. The molecule has 5 heteroatoms. The molecule has 4 nitrogen and oxygen atoms in total. The maximum Gasteiger partial charge on any atom is 0.222 e. The van der Waals surface area contributed by atoms with E-state index in [1.807, 2.05) is 11.8 Å². The van der Waals surface area contributed by atoms with Gasteiger partial charge in [-0.05, 0) is 37.1 Å². The molecule has 1 heterocycles. The van der Waals surface area contributed by atoms with Crippen LogP contribution in [-0.4, -0.2) is 54.2 Å². The van der Waals surface area contributed by atoms with Gasteiger partial charge in [-0.1, -0.05) is 6.92 Å². The summed E-state index contributed by atoms with van der Waals surface area (Å²) in [7, 11) is 0. The van der Waals surface area contributed by atoms with E-state index in [0.717, 1.165) is 6.42 Å². The van der Waals surface area contributed by atoms with Crippen molar-refractivity contribution in [2.45, 2.75) is 26.7 Å². The van der Waals surface area contributed by atoms with Crippen LogP contribution < -0.4 is 0 Å². The number of Topliss-reactive ketones (excluding diaryl/α,β-unsaturated/α-hetero) is 1. The topological polar surface area (TPSA) is 40.6 Å². The lowest BCUT2D eigenvalue weighted by molar-refractivity contribution is -0.132. The van der Waals surface area contributed by atoms with Gasteiger partial charge in [0.15, 0.2) is 5.78 Å². The summed E-state index contributed by atoms with van der Waals surface area (Å²) < 4.78 is 13.2. The van der Waals surface area contributed by atoms with E-state index in [-0.39, 0.29) is 17.5 Å². The van der Waals surface area contributed by atoms with E-state index >= 15 is 0 Å². The van der Waals surface area contributed by atoms with Crippen molar-refractivity contribution >= 4 is 11.7 Å². The average Bonchev–Trinajstić information content (AvgIpc) is 2.51. The molecule has 1 aromatic carbocycles. The molecule has 22 heavy (non-hydrogen) atoms. The third-order valence-corrected chi connectivity index (χ3v) is 4.04. The Morgan fingerprint density at radius 1 is 1.18 bits per heavy atom. The number of hydrogen-bond acceptors (Lipinski definition) is 3. The number of piperazine rings is 1. The predicted molar refractivity (Wildman–Crippen MR) is 83.4 cm³/mol. The molecule has 0 N–H and O–H groups in total. The highest BCUT2D eigenvalue weighted by molar-refractivity contribution is 5.97. The number of rotatable bonds is 5. The number of carbonyl (C=O) groups excluding carboxylic acids is 2. The molecular formula is C17H23FN2O2. The molecule has 1 aliphatic rings. The number of ketones is 1. The van der Waals surface area contributed by atoms with Crippen molar-refractivity contribution in [1.29, 1.82) is 0 Å². The molecule has 0 atom stereocenters. The number of carbonyl (C=O) groups is 2. The van der Waals surface area contributed by atoms with Crippen molar-refractivity contribution in [1.82, 2.24) is 9.80 Å². The molecule has 0 radical (unpaired) electrons. The summed E-state index contributed by atoms with van der Waals surface area (Å²) in [4.78, 5) is 28.0. The van der Waals surface area contributed by atoms with Crippen LogP contribution in [0.1, 0.15) is 35.7 Å². The Morgan fingerprint density at radius 3 is 2.45 bits per heavy atom. The Labute approximate surface area is 130 Å². The van der Waals surface area contributed by atoms with Gasteiger partial charge in [0.2, 0.25) is 5.91 Å². The Morgan fingerprint density at radius 2 is 1.86 bits per heavy atom. The van der Waals surface area contributed by atoms with Gasteiger partial charge in [0.25, 0.3) is 0 Å². The highest BCUT2D eigenvalue weighted by Crippen LogP contribution is 2.11. The second kappa shape index (κ2) is 7.49. The van der Waals surface area contributed by atoms with E-state index in [1.165, 1.54) is 12.1 Å². The molecule has 0 unspecified atom stereocenters. The number of hydrogen-bond donors (Lipinski definition) is 0. The maximum absolute atomic E-state index is 13.2. The van der Waals surface area contributed by atoms with Crippen LogP contribution in [0.5, 0.6) is 0 Å². The Bertz CT molecular complexity index is 552. The highest BCUT2D eigenvalue weighted by Gasteiger charge is 2.22. The van der Waals surface area contributed by atoms with Crippen LogP contribution >= 0.6 is 0 Å². The van der Waals surface area contributed by atoms with Crippen LogP contribution in [0, 0.1) is 12.7 Å². The first-order valence-electron chi connectivity index (χ1n) is 7.80. The molecule has 0 aromatic heterocycles. The molecule has 1 saturated heterocycles. The number of benzene rings is 1. The fourth-order valence-corrected chi connectivity index (χ4v) is 2.64. The molecule has 0 bridgehead atoms. The predicted octanol–water partition coefficient (Wildman–Crippen LogP) is 2.26. The lowest BCUT2D eigenvalue weighted by Crippen LogP contribution is -2.49. The van der Waals surface area contributed by atoms with Gasteiger partial charge in [0.05, 0.1) is 6.54 Å². The summed E-state index contributed by atoms with van der Waals surface area (Å²) in [5, 5.41) is 0. The standard InChI is InChI=1S/C17H23FN2O2/c1-3-4-17(22)20-9-7-19(8-10-20)12-16(21)14-5-6-15(18)13(2)11-14/h5-6,11H,3-4,7-10,12H2,1-2H3. The van der Waals surface area contributed by atoms with E-state index in [1.54, 1.807) is 13.0 Å². The van der Waals surface area contributed by atoms with Crippen LogP contribution in [0.4, 0.5) is 4.39 Å². The van der Waals surface area contributed by atoms with Crippen LogP contribution in [-0.2, 0) is 4.79 Å². The first kappa shape index (κ1) is 16.6. The molecule has 0 aliphatic carbocycles. The van der Waals surface area contributed by atoms with Gasteiger partial charge in [-0.3, -0.25) is 14.5 Å². The minimum atomic E-state index is -0.292. The third-order valence-electron chi connectivity index (χ3n) is 4.04. The van der Waals surface area contributed by atoms with Crippen molar-refractivity contribution < 1.29 is 14.0 Å². The summed E-state index contributed by atoms with van der Waals surface area (Å²) in [6.07, 6.45) is 1.45. The number of amides is 1. The monoisotopic (exact) mass is 306 g/mol. The fraction of sp³-hybridized carbons (Fsp3) is 0.529. The Balaban J connectivity index is 1.86. The van der Waals surface area contributed by atoms with Gasteiger partial charge in [-0.2, -0.15) is 0 Å². The number of aryl methyl sites for hydroxylation is 1. The Kier molecular flexibility index (Phi) is 5.66. The smallest absolute Gasteiger partial charge is 0.222 e. The van der Waals surface area contributed by atoms with Gasteiger partial charge < -0.3 is 4.90 Å². The zero-order valence-corrected chi connectivity index (χ0v) is 13.3. The van der Waals surface area contributed by atoms with E-state index in [9.17, 15) is 14.0 Å². The summed E-state index contributed by atoms with van der Waals surface area (Å²) in [6.45, 7) is 6.74. The van der Waals surface area contributed by atoms with Gasteiger partial charge in [0.1, 0.15) is 5.82 Å². The zero-order chi connectivity index (χ0) is 16.1. The van der Waals surface area contributed by atoms with Crippen molar-refractivity contribution in [3.63, 3.8) is 0 Å². The molecule has 120 valence electrons. The van der Waals surface area contributed by atoms with E-state index in [0.29, 0.717) is 50.3 Å². The van der Waals surface area contributed by atoms with E-state index in [2.05, 4.69) is 4.90 Å². The first-order chi connectivity index (χ1) is 10.5. The Hall–Kier alpha value is -1.75. The molecule has 0 spiro atoms. The van der Waals surface area contributed by atoms with Gasteiger partial charge >= 0.3 is 0 Å². The maximum atomic E-state index is 13.2. The molecule has 0 saturated carbocycles. The molecule has 2 rings (SSSR count). The molecule has 1 fully saturated rings. The van der Waals surface area contributed by atoms with Crippen LogP contribution in [0.25, 0.3) is 0 Å². The summed E-state index contributed by atoms with van der Waals surface area (Å²) in [6, 6.07) is 4.47. The zero-order valence-electron chi connectivity index (χ0n) is 13.3. The van der Waals surface area contributed by atoms with E-state index < -0.39 is 0 Å². The summed E-state index contributed by atoms with van der Waals surface area (Å²) >= 11 is 0. The summed E-state index contributed by atoms with van der Waals surface area (Å²) in [5.74, 6) is -0.0985. The third kappa shape index (κ3) is 4.13. The fourth-order valence-electron chi connectivity index (χ4n) is 2.64. The van der Waals surface area contributed by atoms with E-state index in [4.69, 9.17) is 0 Å². The van der Waals surface area contributed by atoms with Crippen LogP contribution in [0.2, 0.25) is 0 Å². The van der Waals surface area contributed by atoms with Crippen LogP contribution in [0.3, 0.4) is 0 Å². The SMILES string of the molecule is CCCC(=O)N1CCN(CC(=O)c2ccc(F)c(C)c2)CC1. The molecule has 1 amide bonds. The highest BCUT2D eigenvalue weighted by atomic mass is 19.1. The van der Waals surface area contributed by atoms with Crippen molar-refractivity contribution in [2.24, 2.45) is 0 Å². The molecular weight excluding hydrogens is 283 g/mol. The van der Waals surface area contributed by atoms with Gasteiger partial charge in [0, 0.05) is 38.2 Å².